The van der Waals surface area contributed by atoms with Crippen LogP contribution in [0.2, 0.25) is 5.02 Å². The molecule has 4 heterocycles. The Balaban J connectivity index is 1.89. The van der Waals surface area contributed by atoms with E-state index >= 15 is 4.39 Å². The fourth-order valence-corrected chi connectivity index (χ4v) is 6.12. The van der Waals surface area contributed by atoms with Gasteiger partial charge in [0.15, 0.2) is 23.3 Å². The summed E-state index contributed by atoms with van der Waals surface area (Å²) in [5, 5.41) is 10.2. The van der Waals surface area contributed by atoms with Crippen LogP contribution in [-0.2, 0) is 4.79 Å². The van der Waals surface area contributed by atoms with Gasteiger partial charge >= 0.3 is 0 Å². The van der Waals surface area contributed by atoms with E-state index in [0.29, 0.717) is 22.7 Å². The van der Waals surface area contributed by atoms with Gasteiger partial charge in [-0.2, -0.15) is 17.9 Å². The average molecular weight is 674 g/mol. The van der Waals surface area contributed by atoms with E-state index in [9.17, 15) is 28.0 Å². The van der Waals surface area contributed by atoms with Gasteiger partial charge in [0.25, 0.3) is 5.56 Å². The predicted octanol–water partition coefficient (Wildman–Crippen LogP) is 5.51. The maximum Gasteiger partial charge on any atom is 0.276 e. The van der Waals surface area contributed by atoms with Crippen molar-refractivity contribution in [3.8, 4) is 23.0 Å². The number of hydrogen-bond donors (Lipinski definition) is 2. The number of amides is 1. The maximum atomic E-state index is 15.2. The monoisotopic (exact) mass is 673 g/mol. The maximum absolute atomic E-state index is 15.2. The number of hydrogen-bond acceptors (Lipinski definition) is 8. The Bertz CT molecular complexity index is 1980. The zero-order chi connectivity index (χ0) is 33.6. The number of nitrogens with zero attached hydrogens (tertiary/aromatic N) is 6. The molecule has 0 spiro atoms. The van der Waals surface area contributed by atoms with E-state index in [2.05, 4.69) is 22.6 Å². The number of piperazine rings is 1. The molecule has 0 unspecified atom stereocenters. The smallest absolute Gasteiger partial charge is 0.276 e. The van der Waals surface area contributed by atoms with Gasteiger partial charge in [0.2, 0.25) is 5.91 Å². The molecule has 0 bridgehead atoms. The number of carbonyl (C=O) groups is 1. The Labute approximate surface area is 271 Å². The topological polar surface area (TPSA) is 121 Å². The first-order valence-corrected chi connectivity index (χ1v) is 15.3. The first-order valence-electron chi connectivity index (χ1n) is 14.2. The molecule has 1 aromatic carbocycles. The van der Waals surface area contributed by atoms with Gasteiger partial charge in [0, 0.05) is 44.2 Å². The third-order valence-corrected chi connectivity index (χ3v) is 8.44. The first-order chi connectivity index (χ1) is 21.8. The standard InChI is InChI=1S/C31H28ClF4N7O2S/c1-14(2)26-28(15(3)4-6-39-26)43-30-16(12-18(32)27(40-30)20-21(33)22(34)23(35)24(36)25(20)38)29(17(13-37)31(43)45)42-9-7-41(8-10-42)19(44)5-11-46/h4,6,12,14,46H,5,7-11,38H2,1-3H3. The molecule has 0 aliphatic carbocycles. The number of carbonyl (C=O) groups excluding carboxylic acids is 1. The molecule has 9 nitrogen and oxygen atoms in total. The van der Waals surface area contributed by atoms with Crippen LogP contribution in [0.5, 0.6) is 0 Å². The first kappa shape index (κ1) is 33.0. The van der Waals surface area contributed by atoms with Crippen LogP contribution in [0.15, 0.2) is 23.1 Å². The van der Waals surface area contributed by atoms with Crippen LogP contribution in [0.4, 0.5) is 28.9 Å². The van der Waals surface area contributed by atoms with Crippen molar-refractivity contribution in [2.24, 2.45) is 0 Å². The van der Waals surface area contributed by atoms with Crippen LogP contribution in [0, 0.1) is 41.5 Å². The highest BCUT2D eigenvalue weighted by Gasteiger charge is 2.32. The van der Waals surface area contributed by atoms with Crippen LogP contribution in [0.25, 0.3) is 28.0 Å². The number of nitriles is 1. The van der Waals surface area contributed by atoms with E-state index in [1.165, 1.54) is 6.07 Å². The van der Waals surface area contributed by atoms with Gasteiger partial charge < -0.3 is 15.5 Å². The van der Waals surface area contributed by atoms with Crippen LogP contribution < -0.4 is 16.2 Å². The summed E-state index contributed by atoms with van der Waals surface area (Å²) in [6, 6.07) is 4.96. The molecule has 0 radical (unpaired) electrons. The minimum Gasteiger partial charge on any atom is -0.396 e. The molecule has 0 atom stereocenters. The van der Waals surface area contributed by atoms with Crippen molar-refractivity contribution in [2.45, 2.75) is 33.1 Å². The molecule has 5 rings (SSSR count). The van der Waals surface area contributed by atoms with E-state index in [4.69, 9.17) is 17.3 Å². The number of anilines is 2. The van der Waals surface area contributed by atoms with Crippen LogP contribution in [-0.4, -0.2) is 57.3 Å². The van der Waals surface area contributed by atoms with E-state index in [-0.39, 0.29) is 71.7 Å². The lowest BCUT2D eigenvalue weighted by Gasteiger charge is -2.37. The van der Waals surface area contributed by atoms with Gasteiger partial charge in [-0.15, -0.1) is 0 Å². The lowest BCUT2D eigenvalue weighted by Crippen LogP contribution is -2.49. The van der Waals surface area contributed by atoms with Crippen LogP contribution >= 0.6 is 24.2 Å². The molecule has 2 N–H and O–H groups in total. The van der Waals surface area contributed by atoms with E-state index in [0.717, 1.165) is 4.57 Å². The van der Waals surface area contributed by atoms with Crippen molar-refractivity contribution in [1.29, 1.82) is 5.26 Å². The molecule has 1 fully saturated rings. The highest BCUT2D eigenvalue weighted by Crippen LogP contribution is 2.41. The predicted molar refractivity (Wildman–Crippen MR) is 171 cm³/mol. The minimum absolute atomic E-state index is 0.0866. The number of rotatable bonds is 6. The zero-order valence-corrected chi connectivity index (χ0v) is 26.6. The van der Waals surface area contributed by atoms with Crippen molar-refractivity contribution in [2.75, 3.05) is 42.6 Å². The van der Waals surface area contributed by atoms with Gasteiger partial charge in [0.1, 0.15) is 17.3 Å². The normalized spacial score (nSPS) is 13.5. The molecule has 3 aromatic heterocycles. The number of benzene rings is 1. The fourth-order valence-electron chi connectivity index (χ4n) is 5.68. The molecule has 4 aromatic rings. The molecule has 1 aliphatic rings. The lowest BCUT2D eigenvalue weighted by molar-refractivity contribution is -0.131. The molecular weight excluding hydrogens is 646 g/mol. The number of thiol groups is 1. The van der Waals surface area contributed by atoms with Gasteiger partial charge in [-0.3, -0.25) is 19.1 Å². The SMILES string of the molecule is Cc1ccnc(C(C)C)c1-n1c(=O)c(C#N)c(N2CCN(C(=O)CCS)CC2)c2cc(Cl)c(-c3c(N)c(F)c(F)c(F)c3F)nc21. The average Bonchev–Trinajstić information content (AvgIpc) is 3.03. The van der Waals surface area contributed by atoms with Crippen molar-refractivity contribution < 1.29 is 22.4 Å². The number of fused-ring (bicyclic) bond motifs is 1. The number of nitrogen functional groups attached to an aromatic ring is 1. The van der Waals surface area contributed by atoms with Gasteiger partial charge in [0.05, 0.1) is 39.0 Å². The van der Waals surface area contributed by atoms with Gasteiger partial charge in [-0.05, 0) is 36.3 Å². The van der Waals surface area contributed by atoms with Gasteiger partial charge in [-0.1, -0.05) is 25.4 Å². The Hall–Kier alpha value is -4.35. The minimum atomic E-state index is -2.12. The molecular formula is C31H28ClF4N7O2S. The summed E-state index contributed by atoms with van der Waals surface area (Å²) in [6.07, 6.45) is 1.81. The van der Waals surface area contributed by atoms with E-state index < -0.39 is 45.8 Å². The summed E-state index contributed by atoms with van der Waals surface area (Å²) in [7, 11) is 0. The second kappa shape index (κ2) is 12.8. The summed E-state index contributed by atoms with van der Waals surface area (Å²) in [4.78, 5) is 39.2. The number of pyridine rings is 3. The zero-order valence-electron chi connectivity index (χ0n) is 25.0. The number of halogens is 5. The van der Waals surface area contributed by atoms with Gasteiger partial charge in [-0.25, -0.2) is 22.5 Å². The highest BCUT2D eigenvalue weighted by atomic mass is 35.5. The number of aryl methyl sites for hydroxylation is 1. The second-order valence-corrected chi connectivity index (χ2v) is 11.9. The molecule has 46 heavy (non-hydrogen) atoms. The highest BCUT2D eigenvalue weighted by molar-refractivity contribution is 7.80. The Kier molecular flexibility index (Phi) is 9.19. The summed E-state index contributed by atoms with van der Waals surface area (Å²) in [5.74, 6) is -7.80. The Morgan fingerprint density at radius 2 is 1.76 bits per heavy atom. The quantitative estimate of drug-likeness (QED) is 0.0910. The largest absolute Gasteiger partial charge is 0.396 e. The number of aromatic nitrogens is 3. The van der Waals surface area contributed by atoms with E-state index in [1.54, 1.807) is 29.0 Å². The molecule has 1 saturated heterocycles. The lowest BCUT2D eigenvalue weighted by atomic mass is 10.0. The summed E-state index contributed by atoms with van der Waals surface area (Å²) < 4.78 is 59.4. The molecule has 0 saturated carbocycles. The Morgan fingerprint density at radius 3 is 2.37 bits per heavy atom. The van der Waals surface area contributed by atoms with Crippen LogP contribution in [0.3, 0.4) is 0 Å². The third-order valence-electron chi connectivity index (χ3n) is 7.93. The van der Waals surface area contributed by atoms with Crippen molar-refractivity contribution >= 4 is 52.5 Å². The summed E-state index contributed by atoms with van der Waals surface area (Å²) >= 11 is 10.7. The van der Waals surface area contributed by atoms with E-state index in [1.807, 2.05) is 19.9 Å². The van der Waals surface area contributed by atoms with Crippen molar-refractivity contribution in [3.05, 3.63) is 73.8 Å². The molecule has 1 amide bonds. The molecule has 15 heteroatoms. The molecule has 1 aliphatic heterocycles. The third kappa shape index (κ3) is 5.41. The van der Waals surface area contributed by atoms with Crippen LogP contribution in [0.1, 0.15) is 43.0 Å². The number of nitrogens with two attached hydrogens (primary N) is 1. The fraction of sp³-hybridized carbons (Fsp3) is 0.323. The molecule has 240 valence electrons. The van der Waals surface area contributed by atoms with Crippen molar-refractivity contribution in [1.82, 2.24) is 19.4 Å². The Morgan fingerprint density at radius 1 is 1.11 bits per heavy atom. The summed E-state index contributed by atoms with van der Waals surface area (Å²) in [6.45, 7) is 6.48. The van der Waals surface area contributed by atoms with Crippen molar-refractivity contribution in [3.63, 3.8) is 0 Å². The summed E-state index contributed by atoms with van der Waals surface area (Å²) in [5.41, 5.74) is 3.49. The second-order valence-electron chi connectivity index (χ2n) is 11.1.